The molecule has 8 nitrogen and oxygen atoms in total. The van der Waals surface area contributed by atoms with Gasteiger partial charge in [0.1, 0.15) is 10.7 Å². The molecule has 1 atom stereocenters. The molecule has 0 aromatic heterocycles. The molecule has 34 heavy (non-hydrogen) atoms. The Kier molecular flexibility index (Phi) is 7.52. The highest BCUT2D eigenvalue weighted by Gasteiger charge is 2.29. The van der Waals surface area contributed by atoms with Crippen LogP contribution in [-0.4, -0.2) is 56.1 Å². The van der Waals surface area contributed by atoms with Gasteiger partial charge >= 0.3 is 5.97 Å². The minimum atomic E-state index is -4.14. The molecule has 10 heteroatoms. The number of ether oxygens (including phenoxy) is 1. The summed E-state index contributed by atoms with van der Waals surface area (Å²) in [6, 6.07) is 7.86. The Labute approximate surface area is 198 Å². The fourth-order valence-corrected chi connectivity index (χ4v) is 5.48. The molecule has 1 unspecified atom stereocenters. The van der Waals surface area contributed by atoms with Crippen molar-refractivity contribution in [3.05, 3.63) is 58.9 Å². The van der Waals surface area contributed by atoms with Gasteiger partial charge in [-0.3, -0.25) is 9.59 Å². The minimum absolute atomic E-state index is 0.0817. The molecule has 1 aliphatic heterocycles. The second kappa shape index (κ2) is 10.0. The number of halogens is 1. The van der Waals surface area contributed by atoms with E-state index in [0.29, 0.717) is 18.5 Å². The average Bonchev–Trinajstić information content (AvgIpc) is 3.22. The predicted octanol–water partition coefficient (Wildman–Crippen LogP) is 3.19. The van der Waals surface area contributed by atoms with Crippen molar-refractivity contribution < 1.29 is 31.9 Å². The Balaban J connectivity index is 1.79. The van der Waals surface area contributed by atoms with Crippen molar-refractivity contribution in [1.82, 2.24) is 4.31 Å². The molecule has 0 saturated carbocycles. The third-order valence-corrected chi connectivity index (χ3v) is 7.85. The summed E-state index contributed by atoms with van der Waals surface area (Å²) in [6.07, 6.45) is -0.549. The first-order chi connectivity index (χ1) is 16.0. The number of rotatable bonds is 8. The van der Waals surface area contributed by atoms with Crippen molar-refractivity contribution >= 4 is 33.4 Å². The highest BCUT2D eigenvalue weighted by molar-refractivity contribution is 7.89. The number of nitrogens with zero attached hydrogens (tertiary/aromatic N) is 2. The highest BCUT2D eigenvalue weighted by Crippen LogP contribution is 2.29. The van der Waals surface area contributed by atoms with Crippen LogP contribution in [0.3, 0.4) is 0 Å². The maximum Gasteiger partial charge on any atom is 0.338 e. The van der Waals surface area contributed by atoms with E-state index < -0.39 is 38.6 Å². The van der Waals surface area contributed by atoms with Crippen LogP contribution in [0.1, 0.15) is 54.0 Å². The van der Waals surface area contributed by atoms with Crippen molar-refractivity contribution in [3.63, 3.8) is 0 Å². The van der Waals surface area contributed by atoms with Crippen LogP contribution in [0.2, 0.25) is 0 Å². The zero-order chi connectivity index (χ0) is 25.2. The Morgan fingerprint density at radius 2 is 1.74 bits per heavy atom. The molecule has 182 valence electrons. The van der Waals surface area contributed by atoms with Crippen molar-refractivity contribution in [2.75, 3.05) is 24.5 Å². The molecule has 3 rings (SSSR count). The van der Waals surface area contributed by atoms with Crippen molar-refractivity contribution in [2.24, 2.45) is 0 Å². The molecule has 0 spiro atoms. The van der Waals surface area contributed by atoms with E-state index in [1.54, 1.807) is 36.9 Å². The van der Waals surface area contributed by atoms with Crippen molar-refractivity contribution in [1.29, 1.82) is 0 Å². The van der Waals surface area contributed by atoms with Gasteiger partial charge < -0.3 is 9.64 Å². The summed E-state index contributed by atoms with van der Waals surface area (Å²) >= 11 is 0. The molecule has 1 aliphatic rings. The van der Waals surface area contributed by atoms with Gasteiger partial charge in [-0.25, -0.2) is 17.6 Å². The Morgan fingerprint density at radius 1 is 1.09 bits per heavy atom. The predicted molar refractivity (Wildman–Crippen MR) is 124 cm³/mol. The van der Waals surface area contributed by atoms with Crippen LogP contribution in [0.15, 0.2) is 41.3 Å². The molecular weight excluding hydrogens is 463 g/mol. The van der Waals surface area contributed by atoms with E-state index in [4.69, 9.17) is 4.74 Å². The number of carbonyl (C=O) groups is 3. The van der Waals surface area contributed by atoms with Gasteiger partial charge in [0.05, 0.1) is 5.56 Å². The minimum Gasteiger partial charge on any atom is -0.451 e. The lowest BCUT2D eigenvalue weighted by molar-refractivity contribution is -0.116. The Morgan fingerprint density at radius 3 is 2.35 bits per heavy atom. The first-order valence-corrected chi connectivity index (χ1v) is 12.4. The van der Waals surface area contributed by atoms with Crippen molar-refractivity contribution in [3.8, 4) is 0 Å². The average molecular weight is 491 g/mol. The van der Waals surface area contributed by atoms with E-state index in [0.717, 1.165) is 33.8 Å². The monoisotopic (exact) mass is 490 g/mol. The second-order valence-corrected chi connectivity index (χ2v) is 9.82. The summed E-state index contributed by atoms with van der Waals surface area (Å²) in [5.41, 5.74) is 1.75. The zero-order valence-corrected chi connectivity index (χ0v) is 20.3. The third kappa shape index (κ3) is 4.88. The molecular formula is C24H27FN2O6S. The molecule has 2 aromatic carbocycles. The standard InChI is InChI=1S/C24H27FN2O6S/c1-5-26(6-2)34(31,32)22-14-19(7-9-20(22)25)24(30)33-15(3)23(29)18-8-10-21-17(13-18)11-12-27(21)16(4)28/h7-10,13-15H,5-6,11-12H2,1-4H3. The number of amides is 1. The summed E-state index contributed by atoms with van der Waals surface area (Å²) < 4.78 is 46.1. The molecule has 0 N–H and O–H groups in total. The number of hydrogen-bond acceptors (Lipinski definition) is 6. The van der Waals surface area contributed by atoms with E-state index in [1.165, 1.54) is 13.8 Å². The van der Waals surface area contributed by atoms with Crippen LogP contribution in [-0.2, 0) is 26.0 Å². The van der Waals surface area contributed by atoms with Crippen LogP contribution in [0, 0.1) is 5.82 Å². The lowest BCUT2D eigenvalue weighted by Crippen LogP contribution is -2.31. The summed E-state index contributed by atoms with van der Waals surface area (Å²) in [7, 11) is -4.14. The van der Waals surface area contributed by atoms with Gasteiger partial charge in [-0.15, -0.1) is 0 Å². The fraction of sp³-hybridized carbons (Fsp3) is 0.375. The van der Waals surface area contributed by atoms with Gasteiger partial charge in [-0.05, 0) is 55.3 Å². The van der Waals surface area contributed by atoms with Crippen LogP contribution in [0.4, 0.5) is 10.1 Å². The van der Waals surface area contributed by atoms with Crippen LogP contribution < -0.4 is 4.90 Å². The smallest absolute Gasteiger partial charge is 0.338 e. The van der Waals surface area contributed by atoms with E-state index in [9.17, 15) is 27.2 Å². The third-order valence-electron chi connectivity index (χ3n) is 5.78. The van der Waals surface area contributed by atoms with Gasteiger partial charge in [0.25, 0.3) is 0 Å². The van der Waals surface area contributed by atoms with Crippen LogP contribution in [0.5, 0.6) is 0 Å². The molecule has 0 saturated heterocycles. The zero-order valence-electron chi connectivity index (χ0n) is 19.5. The Bertz CT molecular complexity index is 1240. The number of esters is 1. The molecule has 0 bridgehead atoms. The quantitative estimate of drug-likeness (QED) is 0.416. The summed E-state index contributed by atoms with van der Waals surface area (Å²) in [6.45, 7) is 6.96. The second-order valence-electron chi connectivity index (χ2n) is 7.91. The van der Waals surface area contributed by atoms with Crippen LogP contribution in [0.25, 0.3) is 0 Å². The molecule has 1 amide bonds. The maximum atomic E-state index is 14.3. The molecule has 2 aromatic rings. The number of Topliss-reactive ketones (excluding diaryl/α,β-unsaturated/α-hetero) is 1. The number of anilines is 1. The van der Waals surface area contributed by atoms with Gasteiger partial charge in [-0.1, -0.05) is 13.8 Å². The summed E-state index contributed by atoms with van der Waals surface area (Å²) in [4.78, 5) is 38.2. The van der Waals surface area contributed by atoms with E-state index in [-0.39, 0.29) is 24.6 Å². The number of ketones is 1. The lowest BCUT2D eigenvalue weighted by Gasteiger charge is -2.19. The highest BCUT2D eigenvalue weighted by atomic mass is 32.2. The number of benzene rings is 2. The van der Waals surface area contributed by atoms with Gasteiger partial charge in [0.15, 0.2) is 6.10 Å². The topological polar surface area (TPSA) is 101 Å². The maximum absolute atomic E-state index is 14.3. The van der Waals surface area contributed by atoms with E-state index >= 15 is 0 Å². The van der Waals surface area contributed by atoms with Gasteiger partial charge in [0.2, 0.25) is 21.7 Å². The van der Waals surface area contributed by atoms with Crippen LogP contribution >= 0.6 is 0 Å². The van der Waals surface area contributed by atoms with Crippen molar-refractivity contribution in [2.45, 2.75) is 45.1 Å². The lowest BCUT2D eigenvalue weighted by atomic mass is 10.0. The van der Waals surface area contributed by atoms with E-state index in [2.05, 4.69) is 0 Å². The number of hydrogen-bond donors (Lipinski definition) is 0. The number of fused-ring (bicyclic) bond motifs is 1. The van der Waals surface area contributed by atoms with E-state index in [1.807, 2.05) is 0 Å². The van der Waals surface area contributed by atoms with Gasteiger partial charge in [0, 0.05) is 37.8 Å². The summed E-state index contributed by atoms with van der Waals surface area (Å²) in [5, 5.41) is 0. The largest absolute Gasteiger partial charge is 0.451 e. The number of sulfonamides is 1. The normalized spacial score (nSPS) is 14.1. The first-order valence-electron chi connectivity index (χ1n) is 11.0. The SMILES string of the molecule is CCN(CC)S(=O)(=O)c1cc(C(=O)OC(C)C(=O)c2ccc3c(c2)CCN3C(C)=O)ccc1F. The molecule has 1 heterocycles. The number of carbonyl (C=O) groups excluding carboxylic acids is 3. The first kappa shape index (κ1) is 25.5. The summed E-state index contributed by atoms with van der Waals surface area (Å²) in [5.74, 6) is -2.46. The molecule has 0 radical (unpaired) electrons. The Hall–Kier alpha value is -3.11. The fourth-order valence-electron chi connectivity index (χ4n) is 3.93. The molecule has 0 aliphatic carbocycles. The van der Waals surface area contributed by atoms with Gasteiger partial charge in [-0.2, -0.15) is 4.31 Å². The molecule has 0 fully saturated rings.